The quantitative estimate of drug-likeness (QED) is 0.449. The number of aromatic nitrogens is 3. The first-order valence-electron chi connectivity index (χ1n) is 11.1. The molecule has 7 heteroatoms. The maximum Gasteiger partial charge on any atom is 0.335 e. The summed E-state index contributed by atoms with van der Waals surface area (Å²) in [6.45, 7) is 4.09. The van der Waals surface area contributed by atoms with E-state index in [1.807, 2.05) is 30.4 Å². The van der Waals surface area contributed by atoms with E-state index < -0.39 is 5.97 Å². The van der Waals surface area contributed by atoms with Crippen molar-refractivity contribution < 1.29 is 9.90 Å². The molecule has 0 fully saturated rings. The van der Waals surface area contributed by atoms with Crippen LogP contribution in [0.2, 0.25) is 0 Å². The minimum atomic E-state index is -0.915. The van der Waals surface area contributed by atoms with Gasteiger partial charge in [-0.2, -0.15) is 0 Å². The number of nitrogens with zero attached hydrogens (tertiary/aromatic N) is 4. The van der Waals surface area contributed by atoms with Crippen LogP contribution in [0.3, 0.4) is 0 Å². The molecule has 1 atom stereocenters. The van der Waals surface area contributed by atoms with Crippen LogP contribution in [-0.2, 0) is 12.8 Å². The van der Waals surface area contributed by atoms with Gasteiger partial charge in [-0.1, -0.05) is 36.4 Å². The predicted octanol–water partition coefficient (Wildman–Crippen LogP) is 5.40. The third-order valence-electron chi connectivity index (χ3n) is 6.51. The van der Waals surface area contributed by atoms with Crippen molar-refractivity contribution in [3.05, 3.63) is 87.3 Å². The number of hydrogen-bond donors (Lipinski definition) is 1. The third kappa shape index (κ3) is 3.15. The molecule has 0 spiro atoms. The number of hydrogen-bond acceptors (Lipinski definition) is 5. The highest BCUT2D eigenvalue weighted by atomic mass is 32.1. The zero-order chi connectivity index (χ0) is 22.7. The first kappa shape index (κ1) is 20.1. The smallest absolute Gasteiger partial charge is 0.335 e. The molecule has 1 aliphatic carbocycles. The molecule has 1 aliphatic heterocycles. The number of thiophene rings is 1. The summed E-state index contributed by atoms with van der Waals surface area (Å²) >= 11 is 1.86. The van der Waals surface area contributed by atoms with Crippen LogP contribution >= 0.6 is 11.3 Å². The second-order valence-electron chi connectivity index (χ2n) is 8.59. The Kier molecular flexibility index (Phi) is 4.55. The van der Waals surface area contributed by atoms with E-state index >= 15 is 0 Å². The van der Waals surface area contributed by atoms with Crippen molar-refractivity contribution in [3.63, 3.8) is 0 Å². The maximum absolute atomic E-state index is 11.1. The Morgan fingerprint density at radius 2 is 1.67 bits per heavy atom. The van der Waals surface area contributed by atoms with Gasteiger partial charge in [0, 0.05) is 16.0 Å². The summed E-state index contributed by atoms with van der Waals surface area (Å²) in [4.78, 5) is 17.8. The Morgan fingerprint density at radius 1 is 1.00 bits per heavy atom. The van der Waals surface area contributed by atoms with E-state index in [9.17, 15) is 4.79 Å². The van der Waals surface area contributed by atoms with E-state index in [1.165, 1.54) is 27.4 Å². The summed E-state index contributed by atoms with van der Waals surface area (Å²) in [5, 5.41) is 19.1. The highest BCUT2D eigenvalue weighted by Gasteiger charge is 2.32. The van der Waals surface area contributed by atoms with Gasteiger partial charge < -0.3 is 5.11 Å². The molecular weight excluding hydrogens is 432 g/mol. The van der Waals surface area contributed by atoms with Gasteiger partial charge >= 0.3 is 5.97 Å². The summed E-state index contributed by atoms with van der Waals surface area (Å²) in [5.74, 6) is 0.871. The molecule has 3 heterocycles. The van der Waals surface area contributed by atoms with Gasteiger partial charge in [0.05, 0.1) is 11.3 Å². The lowest BCUT2D eigenvalue weighted by Crippen LogP contribution is -2.08. The number of aliphatic imine (C=N–C) groups is 1. The number of aryl methyl sites for hydroxylation is 2. The SMILES string of the molecule is Cc1nnc2n1-c1sc3c(c1C(c1ccc(-c4ccc(C(=O)O)cc4)cc1)=NC2C)CCC3. The number of benzene rings is 2. The van der Waals surface area contributed by atoms with E-state index in [4.69, 9.17) is 10.1 Å². The van der Waals surface area contributed by atoms with E-state index in [-0.39, 0.29) is 6.04 Å². The van der Waals surface area contributed by atoms with Crippen molar-refractivity contribution in [1.82, 2.24) is 14.8 Å². The first-order chi connectivity index (χ1) is 16.0. The van der Waals surface area contributed by atoms with Crippen molar-refractivity contribution in [3.8, 4) is 16.1 Å². The Balaban J connectivity index is 1.45. The fraction of sp³-hybridized carbons (Fsp3) is 0.231. The minimum absolute atomic E-state index is 0.0962. The van der Waals surface area contributed by atoms with Gasteiger partial charge in [-0.05, 0) is 61.9 Å². The molecule has 2 aliphatic rings. The molecule has 6 rings (SSSR count). The molecule has 0 radical (unpaired) electrons. The fourth-order valence-electron chi connectivity index (χ4n) is 4.85. The molecule has 33 heavy (non-hydrogen) atoms. The van der Waals surface area contributed by atoms with Gasteiger partial charge in [0.25, 0.3) is 0 Å². The van der Waals surface area contributed by atoms with Crippen LogP contribution in [0.5, 0.6) is 0 Å². The van der Waals surface area contributed by atoms with Crippen molar-refractivity contribution in [2.75, 3.05) is 0 Å². The zero-order valence-corrected chi connectivity index (χ0v) is 19.2. The second kappa shape index (κ2) is 7.49. The topological polar surface area (TPSA) is 80.4 Å². The molecule has 0 bridgehead atoms. The van der Waals surface area contributed by atoms with Gasteiger partial charge in [0.2, 0.25) is 0 Å². The number of carboxylic acid groups (broad SMARTS) is 1. The van der Waals surface area contributed by atoms with Gasteiger partial charge in [-0.15, -0.1) is 21.5 Å². The van der Waals surface area contributed by atoms with Crippen LogP contribution in [0, 0.1) is 6.92 Å². The highest BCUT2D eigenvalue weighted by molar-refractivity contribution is 7.15. The Hall–Kier alpha value is -3.58. The normalized spacial score (nSPS) is 16.5. The predicted molar refractivity (Wildman–Crippen MR) is 129 cm³/mol. The Bertz CT molecular complexity index is 1430. The average Bonchev–Trinajstić information content (AvgIpc) is 3.50. The van der Waals surface area contributed by atoms with Crippen molar-refractivity contribution in [2.45, 2.75) is 39.2 Å². The lowest BCUT2D eigenvalue weighted by molar-refractivity contribution is 0.0697. The van der Waals surface area contributed by atoms with Crippen molar-refractivity contribution >= 4 is 23.0 Å². The van der Waals surface area contributed by atoms with Crippen molar-refractivity contribution in [2.24, 2.45) is 4.99 Å². The van der Waals surface area contributed by atoms with Crippen LogP contribution in [0.1, 0.15) is 63.0 Å². The monoisotopic (exact) mass is 454 g/mol. The molecule has 1 N–H and O–H groups in total. The second-order valence-corrected chi connectivity index (χ2v) is 9.68. The third-order valence-corrected chi connectivity index (χ3v) is 7.79. The maximum atomic E-state index is 11.1. The van der Waals surface area contributed by atoms with E-state index in [1.54, 1.807) is 12.1 Å². The summed E-state index contributed by atoms with van der Waals surface area (Å²) < 4.78 is 2.19. The van der Waals surface area contributed by atoms with Crippen LogP contribution in [0.25, 0.3) is 16.1 Å². The lowest BCUT2D eigenvalue weighted by Gasteiger charge is -2.11. The molecule has 2 aromatic heterocycles. The molecule has 6 nitrogen and oxygen atoms in total. The number of carbonyl (C=O) groups is 1. The molecule has 0 saturated carbocycles. The van der Waals surface area contributed by atoms with Gasteiger partial charge in [0.15, 0.2) is 5.82 Å². The van der Waals surface area contributed by atoms with E-state index in [2.05, 4.69) is 46.0 Å². The van der Waals surface area contributed by atoms with Gasteiger partial charge in [-0.25, -0.2) is 4.79 Å². The summed E-state index contributed by atoms with van der Waals surface area (Å²) in [6.07, 6.45) is 3.40. The molecule has 4 aromatic rings. The molecule has 0 saturated heterocycles. The standard InChI is InChI=1S/C26H22N4O2S/c1-14-24-29-28-15(2)30(24)25-22(20-4-3-5-21(20)33-25)23(27-14)18-10-6-16(7-11-18)17-8-12-19(13-9-17)26(31)32/h6-14H,3-5H2,1-2H3,(H,31,32). The summed E-state index contributed by atoms with van der Waals surface area (Å²) in [6, 6.07) is 15.3. The number of fused-ring (bicyclic) bond motifs is 5. The summed E-state index contributed by atoms with van der Waals surface area (Å²) in [7, 11) is 0. The molecule has 2 aromatic carbocycles. The highest BCUT2D eigenvalue weighted by Crippen LogP contribution is 2.42. The van der Waals surface area contributed by atoms with Crippen LogP contribution in [0.15, 0.2) is 53.5 Å². The van der Waals surface area contributed by atoms with Crippen LogP contribution in [-0.4, -0.2) is 31.6 Å². The average molecular weight is 455 g/mol. The Morgan fingerprint density at radius 3 is 2.36 bits per heavy atom. The minimum Gasteiger partial charge on any atom is -0.478 e. The molecule has 0 amide bonds. The number of rotatable bonds is 3. The van der Waals surface area contributed by atoms with Gasteiger partial charge in [0.1, 0.15) is 16.9 Å². The molecular formula is C26H22N4O2S. The van der Waals surface area contributed by atoms with Crippen LogP contribution in [0.4, 0.5) is 0 Å². The first-order valence-corrected chi connectivity index (χ1v) is 11.9. The Labute approximate surface area is 195 Å². The molecule has 1 unspecified atom stereocenters. The number of aromatic carboxylic acids is 1. The fourth-order valence-corrected chi connectivity index (χ4v) is 6.30. The van der Waals surface area contributed by atoms with Gasteiger partial charge in [-0.3, -0.25) is 9.56 Å². The van der Waals surface area contributed by atoms with Crippen molar-refractivity contribution in [1.29, 1.82) is 0 Å². The number of carboxylic acids is 1. The summed E-state index contributed by atoms with van der Waals surface area (Å²) in [5.41, 5.74) is 7.09. The van der Waals surface area contributed by atoms with Crippen LogP contribution < -0.4 is 0 Å². The van der Waals surface area contributed by atoms with E-state index in [0.717, 1.165) is 46.9 Å². The zero-order valence-electron chi connectivity index (χ0n) is 18.4. The lowest BCUT2D eigenvalue weighted by atomic mass is 9.96. The largest absolute Gasteiger partial charge is 0.478 e. The molecule has 164 valence electrons. The van der Waals surface area contributed by atoms with E-state index in [0.29, 0.717) is 5.56 Å².